The molecule has 31 heavy (non-hydrogen) atoms. The van der Waals surface area contributed by atoms with E-state index in [1.165, 1.54) is 22.3 Å². The summed E-state index contributed by atoms with van der Waals surface area (Å²) in [7, 11) is 0. The first-order chi connectivity index (χ1) is 14.5. The van der Waals surface area contributed by atoms with Crippen LogP contribution in [0, 0.1) is 12.7 Å². The average Bonchev–Trinajstić information content (AvgIpc) is 3.07. The SMILES string of the molecule is Cc1csc(CN2CC3=CC(c4ccc(OC(F)(F)F)c(F)c4)=CCC3(C)OC2=O)n1. The number of allylic oxidation sites excluding steroid dienone is 2. The van der Waals surface area contributed by atoms with Gasteiger partial charge >= 0.3 is 12.5 Å². The van der Waals surface area contributed by atoms with Crippen LogP contribution in [0.4, 0.5) is 22.4 Å². The van der Waals surface area contributed by atoms with Gasteiger partial charge < -0.3 is 9.47 Å². The van der Waals surface area contributed by atoms with Crippen LogP contribution >= 0.6 is 11.3 Å². The maximum absolute atomic E-state index is 14.1. The summed E-state index contributed by atoms with van der Waals surface area (Å²) in [5.74, 6) is -2.00. The van der Waals surface area contributed by atoms with E-state index in [1.54, 1.807) is 19.1 Å². The summed E-state index contributed by atoms with van der Waals surface area (Å²) in [6, 6.07) is 3.31. The van der Waals surface area contributed by atoms with Crippen LogP contribution in [-0.4, -0.2) is 34.5 Å². The minimum Gasteiger partial charge on any atom is -0.438 e. The molecule has 1 unspecified atom stereocenters. The predicted octanol–water partition coefficient (Wildman–Crippen LogP) is 5.61. The van der Waals surface area contributed by atoms with E-state index in [4.69, 9.17) is 4.74 Å². The van der Waals surface area contributed by atoms with Gasteiger partial charge in [0.2, 0.25) is 0 Å². The molecular formula is C21H18F4N2O3S. The molecule has 1 amide bonds. The number of amides is 1. The second-order valence-electron chi connectivity index (χ2n) is 7.56. The molecule has 2 aromatic rings. The van der Waals surface area contributed by atoms with E-state index in [-0.39, 0.29) is 0 Å². The number of hydrogen-bond donors (Lipinski definition) is 0. The summed E-state index contributed by atoms with van der Waals surface area (Å²) in [6.45, 7) is 4.29. The molecule has 0 radical (unpaired) electrons. The van der Waals surface area contributed by atoms with Gasteiger partial charge in [0.05, 0.1) is 6.54 Å². The Morgan fingerprint density at radius 2 is 2.13 bits per heavy atom. The zero-order valence-corrected chi connectivity index (χ0v) is 17.4. The van der Waals surface area contributed by atoms with Gasteiger partial charge in [0, 0.05) is 24.0 Å². The maximum atomic E-state index is 14.1. The third-order valence-electron chi connectivity index (χ3n) is 5.14. The number of benzene rings is 1. The number of carbonyl (C=O) groups excluding carboxylic acids is 1. The van der Waals surface area contributed by atoms with Crippen molar-refractivity contribution in [3.63, 3.8) is 0 Å². The number of nitrogens with zero attached hydrogens (tertiary/aromatic N) is 2. The zero-order chi connectivity index (χ0) is 22.4. The highest BCUT2D eigenvalue weighted by atomic mass is 32.1. The smallest absolute Gasteiger partial charge is 0.438 e. The third-order valence-corrected chi connectivity index (χ3v) is 6.09. The average molecular weight is 454 g/mol. The third kappa shape index (κ3) is 4.58. The van der Waals surface area contributed by atoms with E-state index in [2.05, 4.69) is 9.72 Å². The van der Waals surface area contributed by atoms with Crippen LogP contribution in [-0.2, 0) is 11.3 Å². The Balaban J connectivity index is 1.56. The van der Waals surface area contributed by atoms with E-state index in [0.29, 0.717) is 30.6 Å². The molecule has 2 heterocycles. The van der Waals surface area contributed by atoms with Crippen LogP contribution in [0.25, 0.3) is 5.57 Å². The van der Waals surface area contributed by atoms with Crippen molar-refractivity contribution in [3.05, 3.63) is 63.4 Å². The van der Waals surface area contributed by atoms with Crippen LogP contribution in [0.2, 0.25) is 0 Å². The summed E-state index contributed by atoms with van der Waals surface area (Å²) >= 11 is 1.45. The van der Waals surface area contributed by atoms with Crippen LogP contribution in [0.5, 0.6) is 5.75 Å². The topological polar surface area (TPSA) is 51.7 Å². The fourth-order valence-corrected chi connectivity index (χ4v) is 4.32. The molecule has 1 saturated heterocycles. The van der Waals surface area contributed by atoms with Gasteiger partial charge in [-0.15, -0.1) is 24.5 Å². The molecule has 2 aliphatic rings. The molecule has 1 atom stereocenters. The standard InChI is InChI=1S/C21H18F4N2O3S/c1-12-11-31-18(26-12)10-27-9-15-7-14(5-6-20(15,2)30-19(27)28)13-3-4-17(16(22)8-13)29-21(23,24)25/h3-5,7-8,11H,6,9-10H2,1-2H3. The summed E-state index contributed by atoms with van der Waals surface area (Å²) < 4.78 is 60.6. The first-order valence-corrected chi connectivity index (χ1v) is 10.3. The fraction of sp³-hybridized carbons (Fsp3) is 0.333. The quantitative estimate of drug-likeness (QED) is 0.564. The van der Waals surface area contributed by atoms with E-state index in [1.807, 2.05) is 12.3 Å². The van der Waals surface area contributed by atoms with Crippen LogP contribution in [0.1, 0.15) is 29.6 Å². The molecule has 1 fully saturated rings. The molecule has 1 aliphatic carbocycles. The van der Waals surface area contributed by atoms with Crippen molar-refractivity contribution in [2.75, 3.05) is 6.54 Å². The second kappa shape index (κ2) is 7.67. The number of ether oxygens (including phenoxy) is 2. The van der Waals surface area contributed by atoms with Crippen molar-refractivity contribution < 1.29 is 31.8 Å². The van der Waals surface area contributed by atoms with E-state index in [0.717, 1.165) is 28.4 Å². The number of aryl methyl sites for hydroxylation is 1. The highest BCUT2D eigenvalue weighted by Crippen LogP contribution is 2.39. The van der Waals surface area contributed by atoms with Gasteiger partial charge in [0.25, 0.3) is 0 Å². The first kappa shape index (κ1) is 21.4. The number of fused-ring (bicyclic) bond motifs is 1. The molecule has 5 nitrogen and oxygen atoms in total. The number of aromatic nitrogens is 1. The summed E-state index contributed by atoms with van der Waals surface area (Å²) in [5, 5.41) is 2.68. The lowest BCUT2D eigenvalue weighted by molar-refractivity contribution is -0.275. The van der Waals surface area contributed by atoms with Crippen molar-refractivity contribution in [3.8, 4) is 5.75 Å². The predicted molar refractivity (Wildman–Crippen MR) is 106 cm³/mol. The highest BCUT2D eigenvalue weighted by Gasteiger charge is 2.42. The minimum atomic E-state index is -4.97. The van der Waals surface area contributed by atoms with Crippen LogP contribution < -0.4 is 4.74 Å². The Bertz CT molecular complexity index is 1090. The summed E-state index contributed by atoms with van der Waals surface area (Å²) in [4.78, 5) is 18.4. The molecular weight excluding hydrogens is 436 g/mol. The minimum absolute atomic E-state index is 0.307. The normalized spacial score (nSPS) is 21.2. The molecule has 4 rings (SSSR count). The van der Waals surface area contributed by atoms with Crippen molar-refractivity contribution in [2.45, 2.75) is 38.8 Å². The lowest BCUT2D eigenvalue weighted by Gasteiger charge is -2.42. The number of halogens is 4. The van der Waals surface area contributed by atoms with Gasteiger partial charge in [0.15, 0.2) is 11.6 Å². The molecule has 1 aromatic heterocycles. The Morgan fingerprint density at radius 3 is 2.77 bits per heavy atom. The lowest BCUT2D eigenvalue weighted by atomic mass is 9.82. The summed E-state index contributed by atoms with van der Waals surface area (Å²) in [5.41, 5.74) is 1.90. The number of rotatable bonds is 4. The monoisotopic (exact) mass is 454 g/mol. The zero-order valence-electron chi connectivity index (χ0n) is 16.6. The first-order valence-electron chi connectivity index (χ1n) is 9.38. The van der Waals surface area contributed by atoms with Gasteiger partial charge in [0.1, 0.15) is 10.6 Å². The second-order valence-corrected chi connectivity index (χ2v) is 8.51. The molecule has 164 valence electrons. The number of thiazole rings is 1. The van der Waals surface area contributed by atoms with Gasteiger partial charge in [-0.2, -0.15) is 0 Å². The van der Waals surface area contributed by atoms with E-state index < -0.39 is 29.6 Å². The number of hydrogen-bond acceptors (Lipinski definition) is 5. The van der Waals surface area contributed by atoms with Crippen LogP contribution in [0.3, 0.4) is 0 Å². The Hall–Kier alpha value is -2.88. The molecule has 1 aliphatic heterocycles. The lowest BCUT2D eigenvalue weighted by Crippen LogP contribution is -2.50. The van der Waals surface area contributed by atoms with Gasteiger partial charge in [-0.1, -0.05) is 12.1 Å². The largest absolute Gasteiger partial charge is 0.573 e. The summed E-state index contributed by atoms with van der Waals surface area (Å²) in [6.07, 6.45) is -1.48. The Morgan fingerprint density at radius 1 is 1.35 bits per heavy atom. The highest BCUT2D eigenvalue weighted by molar-refractivity contribution is 7.09. The molecule has 10 heteroatoms. The van der Waals surface area contributed by atoms with Crippen molar-refractivity contribution in [1.82, 2.24) is 9.88 Å². The Kier molecular flexibility index (Phi) is 5.28. The molecule has 1 aromatic carbocycles. The van der Waals surface area contributed by atoms with Crippen molar-refractivity contribution in [2.24, 2.45) is 0 Å². The van der Waals surface area contributed by atoms with Crippen LogP contribution in [0.15, 0.2) is 41.3 Å². The molecule has 0 N–H and O–H groups in total. The molecule has 0 spiro atoms. The van der Waals surface area contributed by atoms with E-state index >= 15 is 0 Å². The van der Waals surface area contributed by atoms with Crippen molar-refractivity contribution >= 4 is 23.0 Å². The number of alkyl halides is 3. The van der Waals surface area contributed by atoms with E-state index in [9.17, 15) is 22.4 Å². The van der Waals surface area contributed by atoms with Crippen molar-refractivity contribution in [1.29, 1.82) is 0 Å². The van der Waals surface area contributed by atoms with Gasteiger partial charge in [-0.3, -0.25) is 4.90 Å². The molecule has 0 bridgehead atoms. The fourth-order valence-electron chi connectivity index (χ4n) is 3.53. The van der Waals surface area contributed by atoms with Gasteiger partial charge in [-0.05, 0) is 48.8 Å². The molecule has 0 saturated carbocycles. The van der Waals surface area contributed by atoms with Gasteiger partial charge in [-0.25, -0.2) is 14.2 Å². The number of carbonyl (C=O) groups is 1. The maximum Gasteiger partial charge on any atom is 0.573 e. The Labute approximate surface area is 179 Å².